The van der Waals surface area contributed by atoms with E-state index >= 15 is 0 Å². The van der Waals surface area contributed by atoms with Gasteiger partial charge in [0.25, 0.3) is 5.69 Å². The van der Waals surface area contributed by atoms with Gasteiger partial charge in [-0.3, -0.25) is 15.4 Å². The Kier molecular flexibility index (Phi) is 6.43. The van der Waals surface area contributed by atoms with Crippen LogP contribution in [0.5, 0.6) is 0 Å². The van der Waals surface area contributed by atoms with E-state index in [2.05, 4.69) is 5.32 Å². The summed E-state index contributed by atoms with van der Waals surface area (Å²) in [4.78, 5) is 23.1. The number of nitrogens with zero attached hydrogens (tertiary/aromatic N) is 1. The van der Waals surface area contributed by atoms with Gasteiger partial charge in [0.1, 0.15) is 6.61 Å². The van der Waals surface area contributed by atoms with E-state index < -0.39 is 31.9 Å². The third-order valence-electron chi connectivity index (χ3n) is 4.26. The van der Waals surface area contributed by atoms with Gasteiger partial charge in [0.2, 0.25) is 9.84 Å². The smallest absolute Gasteiger partial charge is 0.408 e. The van der Waals surface area contributed by atoms with Gasteiger partial charge in [-0.2, -0.15) is 0 Å². The van der Waals surface area contributed by atoms with Crippen molar-refractivity contribution < 1.29 is 22.9 Å². The van der Waals surface area contributed by atoms with Crippen LogP contribution in [0.1, 0.15) is 16.5 Å². The monoisotopic (exact) mass is 426 g/mol. The van der Waals surface area contributed by atoms with Crippen molar-refractivity contribution in [2.45, 2.75) is 16.9 Å². The summed E-state index contributed by atoms with van der Waals surface area (Å²) < 4.78 is 31.6. The summed E-state index contributed by atoms with van der Waals surface area (Å²) in [6.07, 6.45) is -1.01. The lowest BCUT2D eigenvalue weighted by molar-refractivity contribution is -0.385. The third-order valence-corrected chi connectivity index (χ3v) is 6.18. The highest BCUT2D eigenvalue weighted by Gasteiger charge is 2.35. The van der Waals surface area contributed by atoms with Gasteiger partial charge in [-0.25, -0.2) is 13.2 Å². The first-order chi connectivity index (χ1) is 14.4. The van der Waals surface area contributed by atoms with E-state index in [0.29, 0.717) is 5.56 Å². The Morgan fingerprint density at radius 2 is 1.50 bits per heavy atom. The fourth-order valence-electron chi connectivity index (χ4n) is 2.82. The summed E-state index contributed by atoms with van der Waals surface area (Å²) in [5.74, 6) is 0. The van der Waals surface area contributed by atoms with Crippen LogP contribution in [0.4, 0.5) is 10.5 Å². The van der Waals surface area contributed by atoms with Crippen LogP contribution in [0.25, 0.3) is 0 Å². The zero-order chi connectivity index (χ0) is 21.6. The Balaban J connectivity index is 1.94. The molecule has 8 nitrogen and oxygen atoms in total. The van der Waals surface area contributed by atoms with E-state index in [1.807, 2.05) is 0 Å². The molecule has 3 aromatic rings. The number of rotatable bonds is 7. The van der Waals surface area contributed by atoms with Crippen LogP contribution < -0.4 is 5.32 Å². The van der Waals surface area contributed by atoms with E-state index in [4.69, 9.17) is 4.74 Å². The van der Waals surface area contributed by atoms with Crippen molar-refractivity contribution in [1.29, 1.82) is 0 Å². The molecular weight excluding hydrogens is 408 g/mol. The summed E-state index contributed by atoms with van der Waals surface area (Å²) in [5.41, 5.74) is 0.120. The van der Waals surface area contributed by atoms with Crippen molar-refractivity contribution in [3.63, 3.8) is 0 Å². The minimum absolute atomic E-state index is 0.0817. The summed E-state index contributed by atoms with van der Waals surface area (Å²) in [6.45, 7) is -0.0817. The number of hydrogen-bond donors (Lipinski definition) is 1. The molecule has 0 aliphatic rings. The number of ether oxygens (including phenoxy) is 1. The predicted octanol–water partition coefficient (Wildman–Crippen LogP) is 3.99. The predicted molar refractivity (Wildman–Crippen MR) is 109 cm³/mol. The maximum absolute atomic E-state index is 13.2. The third kappa shape index (κ3) is 4.81. The Bertz CT molecular complexity index is 1130. The van der Waals surface area contributed by atoms with Gasteiger partial charge in [0.05, 0.1) is 15.4 Å². The number of hydrogen-bond acceptors (Lipinski definition) is 6. The molecule has 0 aromatic heterocycles. The number of carbonyl (C=O) groups is 1. The van der Waals surface area contributed by atoms with Crippen LogP contribution in [0.3, 0.4) is 0 Å². The van der Waals surface area contributed by atoms with Crippen LogP contribution in [-0.4, -0.2) is 19.4 Å². The van der Waals surface area contributed by atoms with Gasteiger partial charge in [-0.05, 0) is 23.8 Å². The highest BCUT2D eigenvalue weighted by atomic mass is 32.2. The number of nitro groups is 1. The second kappa shape index (κ2) is 9.19. The molecule has 0 heterocycles. The van der Waals surface area contributed by atoms with E-state index in [-0.39, 0.29) is 17.1 Å². The molecule has 30 heavy (non-hydrogen) atoms. The first-order valence-electron chi connectivity index (χ1n) is 8.89. The number of alkyl carbamates (subject to hydrolysis) is 1. The fraction of sp³-hybridized carbons (Fsp3) is 0.0952. The van der Waals surface area contributed by atoms with E-state index in [1.54, 1.807) is 36.4 Å². The maximum Gasteiger partial charge on any atom is 0.408 e. The average Bonchev–Trinajstić information content (AvgIpc) is 2.77. The van der Waals surface area contributed by atoms with Crippen molar-refractivity contribution in [1.82, 2.24) is 5.32 Å². The number of nitro benzene ring substituents is 1. The number of para-hydroxylation sites is 1. The summed E-state index contributed by atoms with van der Waals surface area (Å²) in [5, 5.41) is 12.0. The van der Waals surface area contributed by atoms with Gasteiger partial charge >= 0.3 is 6.09 Å². The number of sulfone groups is 1. The van der Waals surface area contributed by atoms with Crippen LogP contribution >= 0.6 is 0 Å². The summed E-state index contributed by atoms with van der Waals surface area (Å²) >= 11 is 0. The van der Waals surface area contributed by atoms with Crippen molar-refractivity contribution >= 4 is 21.6 Å². The Morgan fingerprint density at radius 3 is 2.13 bits per heavy atom. The molecular formula is C21H18N2O6S. The average molecular weight is 426 g/mol. The van der Waals surface area contributed by atoms with Crippen LogP contribution in [0.2, 0.25) is 0 Å². The second-order valence-corrected chi connectivity index (χ2v) is 8.29. The number of nitrogens with one attached hydrogen (secondary N) is 1. The SMILES string of the molecule is O=C(NC(c1ccccc1[N+](=O)[O-])S(=O)(=O)c1ccccc1)OCc1ccccc1. The molecule has 154 valence electrons. The molecule has 0 saturated carbocycles. The van der Waals surface area contributed by atoms with Crippen molar-refractivity contribution in [2.24, 2.45) is 0 Å². The molecule has 0 aliphatic heterocycles. The van der Waals surface area contributed by atoms with Gasteiger partial charge in [0, 0.05) is 6.07 Å². The maximum atomic E-state index is 13.2. The van der Waals surface area contributed by atoms with Crippen molar-refractivity contribution in [3.8, 4) is 0 Å². The molecule has 0 radical (unpaired) electrons. The van der Waals surface area contributed by atoms with Crippen molar-refractivity contribution in [3.05, 3.63) is 106 Å². The molecule has 0 spiro atoms. The van der Waals surface area contributed by atoms with Gasteiger partial charge in [-0.15, -0.1) is 0 Å². The van der Waals surface area contributed by atoms with Crippen molar-refractivity contribution in [2.75, 3.05) is 0 Å². The number of amides is 1. The number of carbonyl (C=O) groups excluding carboxylic acids is 1. The Labute approximate surface area is 173 Å². The number of benzene rings is 3. The van der Waals surface area contributed by atoms with E-state index in [0.717, 1.165) is 0 Å². The highest BCUT2D eigenvalue weighted by Crippen LogP contribution is 2.32. The van der Waals surface area contributed by atoms with E-state index in [9.17, 15) is 23.3 Å². The van der Waals surface area contributed by atoms with Gasteiger partial charge in [-0.1, -0.05) is 60.7 Å². The molecule has 1 unspecified atom stereocenters. The van der Waals surface area contributed by atoms with E-state index in [1.165, 1.54) is 48.5 Å². The first-order valence-corrected chi connectivity index (χ1v) is 10.4. The molecule has 0 aliphatic carbocycles. The Morgan fingerprint density at radius 1 is 0.933 bits per heavy atom. The lowest BCUT2D eigenvalue weighted by Gasteiger charge is -2.19. The van der Waals surface area contributed by atoms with Gasteiger partial charge < -0.3 is 4.74 Å². The molecule has 0 saturated heterocycles. The lowest BCUT2D eigenvalue weighted by Crippen LogP contribution is -2.34. The van der Waals surface area contributed by atoms with Crippen LogP contribution in [0, 0.1) is 10.1 Å². The molecule has 9 heteroatoms. The molecule has 3 rings (SSSR count). The molecule has 1 atom stereocenters. The molecule has 0 bridgehead atoms. The minimum Gasteiger partial charge on any atom is -0.445 e. The molecule has 1 amide bonds. The van der Waals surface area contributed by atoms with Crippen LogP contribution in [0.15, 0.2) is 89.8 Å². The zero-order valence-corrected chi connectivity index (χ0v) is 16.5. The quantitative estimate of drug-likeness (QED) is 0.451. The highest BCUT2D eigenvalue weighted by molar-refractivity contribution is 7.91. The molecule has 3 aromatic carbocycles. The Hall–Kier alpha value is -3.72. The largest absolute Gasteiger partial charge is 0.445 e. The van der Waals surface area contributed by atoms with Gasteiger partial charge in [0.15, 0.2) is 5.37 Å². The normalized spacial score (nSPS) is 12.0. The summed E-state index contributed by atoms with van der Waals surface area (Å²) in [7, 11) is -4.20. The standard InChI is InChI=1S/C21H18N2O6S/c24-21(29-15-16-9-3-1-4-10-16)22-20(18-13-7-8-14-19(18)23(25)26)30(27,28)17-11-5-2-6-12-17/h1-14,20H,15H2,(H,22,24). The zero-order valence-electron chi connectivity index (χ0n) is 15.7. The topological polar surface area (TPSA) is 116 Å². The molecule has 0 fully saturated rings. The lowest BCUT2D eigenvalue weighted by atomic mass is 10.2. The minimum atomic E-state index is -4.20. The summed E-state index contributed by atoms with van der Waals surface area (Å²) in [6, 6.07) is 21.6. The fourth-order valence-corrected chi connectivity index (χ4v) is 4.41. The van der Waals surface area contributed by atoms with Crippen LogP contribution in [-0.2, 0) is 21.2 Å². The second-order valence-electron chi connectivity index (χ2n) is 6.26. The molecule has 1 N–H and O–H groups in total. The first kappa shape index (κ1) is 21.0.